The Balaban J connectivity index is 5.16. The molecule has 0 radical (unpaired) electrons. The summed E-state index contributed by atoms with van der Waals surface area (Å²) in [5.41, 5.74) is 0. The van der Waals surface area contributed by atoms with Crippen LogP contribution in [0.3, 0.4) is 0 Å². The van der Waals surface area contributed by atoms with E-state index < -0.39 is 24.0 Å². The van der Waals surface area contributed by atoms with Crippen molar-refractivity contribution in [1.82, 2.24) is 0 Å². The van der Waals surface area contributed by atoms with E-state index in [-0.39, 0.29) is 45.2 Å². The molecule has 0 spiro atoms. The van der Waals surface area contributed by atoms with E-state index in [2.05, 4.69) is 38.2 Å². The van der Waals surface area contributed by atoms with Gasteiger partial charge in [0.05, 0.1) is 158 Å². The maximum absolute atomic E-state index is 13.8. The van der Waals surface area contributed by atoms with Crippen molar-refractivity contribution >= 4 is 17.9 Å². The molecule has 0 heterocycles. The van der Waals surface area contributed by atoms with Gasteiger partial charge in [-0.05, 0) is 77.0 Å². The predicted molar refractivity (Wildman–Crippen MR) is 346 cm³/mol. The molecule has 19 nitrogen and oxygen atoms in total. The number of carbonyl (C=O) groups excluding carboxylic acids is 3. The molecule has 0 bridgehead atoms. The van der Waals surface area contributed by atoms with Gasteiger partial charge in [0.1, 0.15) is 13.2 Å². The molecule has 0 saturated carbocycles. The zero-order chi connectivity index (χ0) is 63.6. The van der Waals surface area contributed by atoms with Gasteiger partial charge < -0.3 is 75.8 Å². The minimum absolute atomic E-state index is 0.0851. The summed E-state index contributed by atoms with van der Waals surface area (Å²) in [5.74, 6) is -1.90. The summed E-state index contributed by atoms with van der Waals surface area (Å²) in [6, 6.07) is 0. The van der Waals surface area contributed by atoms with E-state index in [1.54, 1.807) is 14.2 Å². The van der Waals surface area contributed by atoms with Crippen LogP contribution in [0.5, 0.6) is 0 Å². The Bertz CT molecular complexity index is 1470. The molecule has 0 aromatic heterocycles. The van der Waals surface area contributed by atoms with Crippen molar-refractivity contribution in [1.29, 1.82) is 0 Å². The summed E-state index contributed by atoms with van der Waals surface area (Å²) in [6.45, 7) is 14.5. The summed E-state index contributed by atoms with van der Waals surface area (Å²) in [5, 5.41) is 0. The van der Waals surface area contributed by atoms with Gasteiger partial charge >= 0.3 is 17.9 Å². The van der Waals surface area contributed by atoms with Gasteiger partial charge in [0.2, 0.25) is 0 Å². The standard InChI is InChI=1S/C69H130O19/c1-5-7-9-11-13-15-17-19-21-23-25-27-29-31-33-37-67(70)86-63-66(88-68(71)38-34-32-30-28-26-24-22-20-18-16-14-12-10-8-6-2)64-87-69(72)65(36-35-39-75-44-45-78-50-51-81-54-52-79-48-46-76-42-40-73-3)62-85-61-60-84-59-58-83-57-56-82-55-53-80-49-47-77-43-41-74-4/h19-22,65-66H,5-18,23-64H2,1-4H3. The lowest BCUT2D eigenvalue weighted by Crippen LogP contribution is -2.33. The smallest absolute Gasteiger partial charge is 0.311 e. The first-order valence-electron chi connectivity index (χ1n) is 34.6. The van der Waals surface area contributed by atoms with Gasteiger partial charge in [-0.3, -0.25) is 14.4 Å². The van der Waals surface area contributed by atoms with E-state index in [1.807, 2.05) is 0 Å². The molecule has 0 aromatic carbocycles. The van der Waals surface area contributed by atoms with Crippen LogP contribution >= 0.6 is 0 Å². The van der Waals surface area contributed by atoms with Gasteiger partial charge in [0.15, 0.2) is 6.10 Å². The molecule has 0 fully saturated rings. The molecule has 2 atom stereocenters. The average molecular weight is 1260 g/mol. The SMILES string of the molecule is CCCCCCCCC=CCCCCCCCC(=O)OCC(COC(=O)C(CCCOCCOCCOCCOCCOCCOC)COCCOCCOCCOCCOCCOCCOC)OC(=O)CCCCCCCC=CCCCCCCCC. The Kier molecular flexibility index (Phi) is 72.8. The Labute approximate surface area is 534 Å². The molecule has 0 aliphatic rings. The number of hydrogen-bond donors (Lipinski definition) is 0. The zero-order valence-electron chi connectivity index (χ0n) is 56.3. The van der Waals surface area contributed by atoms with E-state index in [9.17, 15) is 14.4 Å². The number of ether oxygens (including phenoxy) is 16. The fourth-order valence-electron chi connectivity index (χ4n) is 8.88. The molecule has 520 valence electrons. The summed E-state index contributed by atoms with van der Waals surface area (Å²) in [6.07, 6.45) is 40.0. The van der Waals surface area contributed by atoms with E-state index in [0.717, 1.165) is 77.0 Å². The second kappa shape index (κ2) is 75.1. The third kappa shape index (κ3) is 69.3. The molecule has 0 aliphatic carbocycles. The van der Waals surface area contributed by atoms with Crippen LogP contribution in [0.15, 0.2) is 24.3 Å². The summed E-state index contributed by atoms with van der Waals surface area (Å²) in [4.78, 5) is 40.0. The van der Waals surface area contributed by atoms with Crippen LogP contribution in [0.25, 0.3) is 0 Å². The van der Waals surface area contributed by atoms with Gasteiger partial charge in [-0.2, -0.15) is 0 Å². The van der Waals surface area contributed by atoms with Crippen molar-refractivity contribution in [2.24, 2.45) is 5.92 Å². The number of methoxy groups -OCH3 is 2. The van der Waals surface area contributed by atoms with Crippen LogP contribution in [0, 0.1) is 5.92 Å². The van der Waals surface area contributed by atoms with Crippen molar-refractivity contribution in [3.05, 3.63) is 24.3 Å². The Hall–Kier alpha value is -2.63. The molecule has 2 unspecified atom stereocenters. The van der Waals surface area contributed by atoms with Crippen LogP contribution in [0.2, 0.25) is 0 Å². The molecule has 0 rings (SSSR count). The fraction of sp³-hybridized carbons (Fsp3) is 0.899. The highest BCUT2D eigenvalue weighted by molar-refractivity contribution is 5.73. The summed E-state index contributed by atoms with van der Waals surface area (Å²) >= 11 is 0. The third-order valence-electron chi connectivity index (χ3n) is 14.1. The van der Waals surface area contributed by atoms with Crippen LogP contribution in [-0.4, -0.2) is 210 Å². The molecular formula is C69H130O19. The maximum Gasteiger partial charge on any atom is 0.311 e. The number of rotatable bonds is 75. The minimum Gasteiger partial charge on any atom is -0.462 e. The predicted octanol–water partition coefficient (Wildman–Crippen LogP) is 12.9. The van der Waals surface area contributed by atoms with Gasteiger partial charge in [-0.25, -0.2) is 0 Å². The van der Waals surface area contributed by atoms with Crippen molar-refractivity contribution in [2.45, 2.75) is 213 Å². The van der Waals surface area contributed by atoms with E-state index >= 15 is 0 Å². The quantitative estimate of drug-likeness (QED) is 0.0241. The highest BCUT2D eigenvalue weighted by Crippen LogP contribution is 2.15. The van der Waals surface area contributed by atoms with Crippen LogP contribution < -0.4 is 0 Å². The summed E-state index contributed by atoms with van der Waals surface area (Å²) in [7, 11) is 3.27. The van der Waals surface area contributed by atoms with E-state index in [4.69, 9.17) is 75.8 Å². The average Bonchev–Trinajstić information content (AvgIpc) is 3.60. The van der Waals surface area contributed by atoms with Crippen LogP contribution in [0.4, 0.5) is 0 Å². The topological polar surface area (TPSA) is 199 Å². The second-order valence-electron chi connectivity index (χ2n) is 22.1. The van der Waals surface area contributed by atoms with Gasteiger partial charge in [0, 0.05) is 33.7 Å². The molecule has 0 N–H and O–H groups in total. The molecule has 19 heteroatoms. The molecule has 0 aliphatic heterocycles. The second-order valence-corrected chi connectivity index (χ2v) is 22.1. The minimum atomic E-state index is -0.948. The number of esters is 3. The molecule has 88 heavy (non-hydrogen) atoms. The largest absolute Gasteiger partial charge is 0.462 e. The number of hydrogen-bond acceptors (Lipinski definition) is 19. The van der Waals surface area contributed by atoms with E-state index in [0.29, 0.717) is 165 Å². The number of carbonyl (C=O) groups is 3. The Morgan fingerprint density at radius 2 is 0.591 bits per heavy atom. The van der Waals surface area contributed by atoms with Crippen LogP contribution in [0.1, 0.15) is 206 Å². The highest BCUT2D eigenvalue weighted by Gasteiger charge is 2.25. The van der Waals surface area contributed by atoms with Gasteiger partial charge in [-0.1, -0.05) is 141 Å². The van der Waals surface area contributed by atoms with Crippen molar-refractivity contribution in [3.8, 4) is 0 Å². The zero-order valence-corrected chi connectivity index (χ0v) is 56.3. The lowest BCUT2D eigenvalue weighted by molar-refractivity contribution is -0.169. The molecule has 0 aromatic rings. The Morgan fingerprint density at radius 1 is 0.295 bits per heavy atom. The lowest BCUT2D eigenvalue weighted by Gasteiger charge is -2.21. The highest BCUT2D eigenvalue weighted by atomic mass is 16.6. The van der Waals surface area contributed by atoms with Crippen molar-refractivity contribution in [2.75, 3.05) is 186 Å². The first kappa shape index (κ1) is 85.4. The first-order chi connectivity index (χ1) is 43.5. The van der Waals surface area contributed by atoms with E-state index in [1.165, 1.54) is 83.5 Å². The van der Waals surface area contributed by atoms with Crippen LogP contribution in [-0.2, 0) is 90.2 Å². The normalized spacial score (nSPS) is 12.5. The maximum atomic E-state index is 13.8. The van der Waals surface area contributed by atoms with Crippen molar-refractivity contribution in [3.63, 3.8) is 0 Å². The fourth-order valence-corrected chi connectivity index (χ4v) is 8.88. The molecule has 0 amide bonds. The van der Waals surface area contributed by atoms with Gasteiger partial charge in [0.25, 0.3) is 0 Å². The van der Waals surface area contributed by atoms with Gasteiger partial charge in [-0.15, -0.1) is 0 Å². The third-order valence-corrected chi connectivity index (χ3v) is 14.1. The monoisotopic (exact) mass is 1260 g/mol. The molecular weight excluding hydrogens is 1130 g/mol. The van der Waals surface area contributed by atoms with Crippen molar-refractivity contribution < 1.29 is 90.2 Å². The lowest BCUT2D eigenvalue weighted by atomic mass is 10.1. The Morgan fingerprint density at radius 3 is 0.955 bits per heavy atom. The molecule has 0 saturated heterocycles. The summed E-state index contributed by atoms with van der Waals surface area (Å²) < 4.78 is 88.8. The first-order valence-corrected chi connectivity index (χ1v) is 34.6. The number of allylic oxidation sites excluding steroid dienone is 4. The number of unbranched alkanes of at least 4 members (excludes halogenated alkanes) is 22.